The van der Waals surface area contributed by atoms with Gasteiger partial charge in [0.05, 0.1) is 6.54 Å². The lowest BCUT2D eigenvalue weighted by Gasteiger charge is -2.20. The number of carbonyl (C=O) groups excluding carboxylic acids is 1. The van der Waals surface area contributed by atoms with E-state index in [9.17, 15) is 4.79 Å². The highest BCUT2D eigenvalue weighted by atomic mass is 16.1. The van der Waals surface area contributed by atoms with Crippen molar-refractivity contribution in [2.45, 2.75) is 33.2 Å². The molecule has 3 N–H and O–H groups in total. The van der Waals surface area contributed by atoms with Gasteiger partial charge in [0.15, 0.2) is 0 Å². The fourth-order valence-corrected chi connectivity index (χ4v) is 1.88. The number of carbonyl (C=O) groups is 1. The fraction of sp³-hybridized carbons (Fsp3) is 0.438. The molecule has 0 spiro atoms. The molecule has 0 fully saturated rings. The summed E-state index contributed by atoms with van der Waals surface area (Å²) in [4.78, 5) is 12.2. The summed E-state index contributed by atoms with van der Waals surface area (Å²) >= 11 is 0. The van der Waals surface area contributed by atoms with Crippen molar-refractivity contribution in [2.75, 3.05) is 6.54 Å². The minimum atomic E-state index is -0.0445. The van der Waals surface area contributed by atoms with E-state index >= 15 is 0 Å². The van der Waals surface area contributed by atoms with E-state index in [1.54, 1.807) is 12.1 Å². The molecule has 0 saturated carbocycles. The van der Waals surface area contributed by atoms with Gasteiger partial charge in [-0.1, -0.05) is 38.7 Å². The number of rotatable bonds is 4. The van der Waals surface area contributed by atoms with Crippen molar-refractivity contribution in [2.24, 2.45) is 11.7 Å². The largest absolute Gasteiger partial charge is 0.349 e. The Labute approximate surface area is 115 Å². The van der Waals surface area contributed by atoms with Crippen molar-refractivity contribution in [3.63, 3.8) is 0 Å². The van der Waals surface area contributed by atoms with Crippen LogP contribution in [0.5, 0.6) is 0 Å². The van der Waals surface area contributed by atoms with Crippen LogP contribution < -0.4 is 11.1 Å². The minimum absolute atomic E-state index is 0.0445. The van der Waals surface area contributed by atoms with E-state index in [1.165, 1.54) is 0 Å². The van der Waals surface area contributed by atoms with Gasteiger partial charge in [-0.05, 0) is 30.5 Å². The maximum absolute atomic E-state index is 12.2. The van der Waals surface area contributed by atoms with E-state index in [4.69, 9.17) is 5.73 Å². The molecule has 3 heteroatoms. The average Bonchev–Trinajstić information content (AvgIpc) is 2.42. The van der Waals surface area contributed by atoms with Gasteiger partial charge in [0.2, 0.25) is 0 Å². The number of nitrogens with one attached hydrogen (secondary N) is 1. The highest BCUT2D eigenvalue weighted by Gasteiger charge is 2.15. The molecule has 1 amide bonds. The minimum Gasteiger partial charge on any atom is -0.349 e. The van der Waals surface area contributed by atoms with Crippen LogP contribution in [0.15, 0.2) is 24.3 Å². The highest BCUT2D eigenvalue weighted by Crippen LogP contribution is 2.09. The second kappa shape index (κ2) is 7.60. The molecule has 3 nitrogen and oxygen atoms in total. The molecule has 1 rings (SSSR count). The molecule has 19 heavy (non-hydrogen) atoms. The molecule has 0 saturated heterocycles. The van der Waals surface area contributed by atoms with Crippen molar-refractivity contribution < 1.29 is 4.79 Å². The van der Waals surface area contributed by atoms with Gasteiger partial charge in [-0.25, -0.2) is 0 Å². The second-order valence-corrected chi connectivity index (χ2v) is 4.82. The number of hydrogen-bond donors (Lipinski definition) is 2. The molecule has 0 aliphatic rings. The van der Waals surface area contributed by atoms with E-state index in [0.29, 0.717) is 18.0 Å². The summed E-state index contributed by atoms with van der Waals surface area (Å²) in [6.45, 7) is 6.62. The summed E-state index contributed by atoms with van der Waals surface area (Å²) in [6, 6.07) is 7.51. The van der Waals surface area contributed by atoms with Gasteiger partial charge < -0.3 is 11.1 Å². The summed E-state index contributed by atoms with van der Waals surface area (Å²) in [7, 11) is 0. The van der Waals surface area contributed by atoms with Gasteiger partial charge in [-0.2, -0.15) is 0 Å². The van der Waals surface area contributed by atoms with E-state index in [0.717, 1.165) is 12.0 Å². The molecule has 1 unspecified atom stereocenters. The molecule has 0 bridgehead atoms. The van der Waals surface area contributed by atoms with Crippen LogP contribution in [-0.4, -0.2) is 18.5 Å². The molecule has 1 aromatic carbocycles. The monoisotopic (exact) mass is 258 g/mol. The van der Waals surface area contributed by atoms with E-state index in [1.807, 2.05) is 12.1 Å². The van der Waals surface area contributed by atoms with Crippen LogP contribution in [0.3, 0.4) is 0 Å². The zero-order valence-corrected chi connectivity index (χ0v) is 11.9. The number of benzene rings is 1. The SMILES string of the molecule is CCC(NC(=O)c1cccc(C#CCN)c1)C(C)C. The molecule has 0 aliphatic carbocycles. The van der Waals surface area contributed by atoms with Crippen LogP contribution in [-0.2, 0) is 0 Å². The number of amides is 1. The molecule has 0 heterocycles. The zero-order chi connectivity index (χ0) is 14.3. The Kier molecular flexibility index (Phi) is 6.11. The molecule has 1 aromatic rings. The molecular weight excluding hydrogens is 236 g/mol. The van der Waals surface area contributed by atoms with Crippen molar-refractivity contribution >= 4 is 5.91 Å². The summed E-state index contributed by atoms with van der Waals surface area (Å²) in [5, 5.41) is 3.05. The molecule has 0 radical (unpaired) electrons. The normalized spacial score (nSPS) is 11.6. The number of nitrogens with two attached hydrogens (primary N) is 1. The van der Waals surface area contributed by atoms with Crippen LogP contribution in [0.1, 0.15) is 43.1 Å². The molecule has 1 atom stereocenters. The first-order valence-electron chi connectivity index (χ1n) is 6.68. The van der Waals surface area contributed by atoms with E-state index in [2.05, 4.69) is 37.9 Å². The zero-order valence-electron chi connectivity index (χ0n) is 11.9. The van der Waals surface area contributed by atoms with Crippen molar-refractivity contribution in [3.05, 3.63) is 35.4 Å². The van der Waals surface area contributed by atoms with Gasteiger partial charge in [-0.3, -0.25) is 4.79 Å². The highest BCUT2D eigenvalue weighted by molar-refractivity contribution is 5.94. The van der Waals surface area contributed by atoms with Crippen LogP contribution in [0.2, 0.25) is 0 Å². The van der Waals surface area contributed by atoms with Crippen LogP contribution in [0.25, 0.3) is 0 Å². The summed E-state index contributed by atoms with van der Waals surface area (Å²) in [5.41, 5.74) is 6.80. The van der Waals surface area contributed by atoms with E-state index < -0.39 is 0 Å². The third-order valence-electron chi connectivity index (χ3n) is 3.02. The van der Waals surface area contributed by atoms with Crippen molar-refractivity contribution in [1.82, 2.24) is 5.32 Å². The van der Waals surface area contributed by atoms with E-state index in [-0.39, 0.29) is 11.9 Å². The van der Waals surface area contributed by atoms with Crippen LogP contribution in [0.4, 0.5) is 0 Å². The lowest BCUT2D eigenvalue weighted by atomic mass is 10.0. The molecule has 0 aromatic heterocycles. The van der Waals surface area contributed by atoms with Gasteiger partial charge in [0.1, 0.15) is 0 Å². The Hall–Kier alpha value is -1.79. The van der Waals surface area contributed by atoms with Gasteiger partial charge >= 0.3 is 0 Å². The first-order valence-corrected chi connectivity index (χ1v) is 6.68. The fourth-order valence-electron chi connectivity index (χ4n) is 1.88. The van der Waals surface area contributed by atoms with Gasteiger partial charge in [0, 0.05) is 17.2 Å². The Morgan fingerprint density at radius 2 is 2.16 bits per heavy atom. The summed E-state index contributed by atoms with van der Waals surface area (Å²) < 4.78 is 0. The standard InChI is InChI=1S/C16H22N2O/c1-4-15(12(2)3)18-16(19)14-9-5-7-13(11-14)8-6-10-17/h5,7,9,11-12,15H,4,10,17H2,1-3H3,(H,18,19). The summed E-state index contributed by atoms with van der Waals surface area (Å²) in [6.07, 6.45) is 0.927. The van der Waals surface area contributed by atoms with Crippen LogP contribution >= 0.6 is 0 Å². The first kappa shape index (κ1) is 15.3. The lowest BCUT2D eigenvalue weighted by Crippen LogP contribution is -2.38. The third-order valence-corrected chi connectivity index (χ3v) is 3.02. The summed E-state index contributed by atoms with van der Waals surface area (Å²) in [5.74, 6) is 6.10. The second-order valence-electron chi connectivity index (χ2n) is 4.82. The van der Waals surface area contributed by atoms with Gasteiger partial charge in [-0.15, -0.1) is 0 Å². The lowest BCUT2D eigenvalue weighted by molar-refractivity contribution is 0.0924. The molecular formula is C16H22N2O. The smallest absolute Gasteiger partial charge is 0.251 e. The Morgan fingerprint density at radius 3 is 2.74 bits per heavy atom. The van der Waals surface area contributed by atoms with Crippen molar-refractivity contribution in [1.29, 1.82) is 0 Å². The van der Waals surface area contributed by atoms with Crippen molar-refractivity contribution in [3.8, 4) is 11.8 Å². The number of hydrogen-bond acceptors (Lipinski definition) is 2. The topological polar surface area (TPSA) is 55.1 Å². The predicted molar refractivity (Wildman–Crippen MR) is 78.8 cm³/mol. The van der Waals surface area contributed by atoms with Gasteiger partial charge in [0.25, 0.3) is 5.91 Å². The first-order chi connectivity index (χ1) is 9.08. The quantitative estimate of drug-likeness (QED) is 0.813. The van der Waals surface area contributed by atoms with Crippen LogP contribution in [0, 0.1) is 17.8 Å². The Morgan fingerprint density at radius 1 is 1.42 bits per heavy atom. The molecule has 102 valence electrons. The average molecular weight is 258 g/mol. The Balaban J connectivity index is 2.82. The third kappa shape index (κ3) is 4.76. The Bertz CT molecular complexity index is 483. The maximum atomic E-state index is 12.2. The predicted octanol–water partition coefficient (Wildman–Crippen LogP) is 2.16. The molecule has 0 aliphatic heterocycles. The maximum Gasteiger partial charge on any atom is 0.251 e.